The predicted octanol–water partition coefficient (Wildman–Crippen LogP) is 2.75. The van der Waals surface area contributed by atoms with Crippen LogP contribution in [-0.2, 0) is 0 Å². The van der Waals surface area contributed by atoms with E-state index in [4.69, 9.17) is 0 Å². The van der Waals surface area contributed by atoms with Gasteiger partial charge in [-0.3, -0.25) is 5.10 Å². The van der Waals surface area contributed by atoms with Crippen LogP contribution >= 0.6 is 0 Å². The summed E-state index contributed by atoms with van der Waals surface area (Å²) in [7, 11) is 0. The van der Waals surface area contributed by atoms with E-state index >= 15 is 0 Å². The number of aryl methyl sites for hydroxylation is 1. The number of H-pyrrole nitrogens is 1. The molecule has 6 nitrogen and oxygen atoms in total. The zero-order valence-corrected chi connectivity index (χ0v) is 13.4. The summed E-state index contributed by atoms with van der Waals surface area (Å²) in [4.78, 5) is 4.40. The van der Waals surface area contributed by atoms with E-state index in [0.29, 0.717) is 11.2 Å². The van der Waals surface area contributed by atoms with Gasteiger partial charge in [0, 0.05) is 29.3 Å². The number of phenolic OH excluding ortho intramolecular Hbond substituents is 1. The first-order valence-corrected chi connectivity index (χ1v) is 7.93. The first-order chi connectivity index (χ1) is 12.0. The molecule has 0 spiro atoms. The Hall–Kier alpha value is -2.98. The number of rotatable bonds is 3. The van der Waals surface area contributed by atoms with E-state index in [1.54, 1.807) is 0 Å². The molecule has 2 atom stereocenters. The summed E-state index contributed by atoms with van der Waals surface area (Å²) in [6.45, 7) is 1.89. The number of pyridine rings is 1. The average Bonchev–Trinajstić information content (AvgIpc) is 3.29. The molecule has 4 rings (SSSR count). The molecule has 0 bridgehead atoms. The Morgan fingerprint density at radius 1 is 1.44 bits per heavy atom. The van der Waals surface area contributed by atoms with Crippen molar-refractivity contribution < 1.29 is 14.6 Å². The molecule has 7 heteroatoms. The maximum Gasteiger partial charge on any atom is 0.182 e. The maximum absolute atomic E-state index is 14.4. The molecular formula is C18H15FN4O2. The Bertz CT molecular complexity index is 1040. The SMILES string of the molecule is Cc1[nH]nc2nc(-c3ccc(O)cc3F)c(C#N)c(C3CC3CO)c12. The van der Waals surface area contributed by atoms with Crippen molar-refractivity contribution >= 4 is 11.0 Å². The second kappa shape index (κ2) is 5.53. The molecule has 1 aliphatic rings. The van der Waals surface area contributed by atoms with Crippen molar-refractivity contribution in [3.05, 3.63) is 40.8 Å². The molecule has 1 saturated carbocycles. The van der Waals surface area contributed by atoms with E-state index in [1.807, 2.05) is 6.92 Å². The molecule has 2 heterocycles. The Morgan fingerprint density at radius 2 is 2.24 bits per heavy atom. The Labute approximate surface area is 142 Å². The molecule has 0 radical (unpaired) electrons. The largest absolute Gasteiger partial charge is 0.508 e. The van der Waals surface area contributed by atoms with Gasteiger partial charge in [0.1, 0.15) is 17.6 Å². The van der Waals surface area contributed by atoms with Crippen molar-refractivity contribution in [2.45, 2.75) is 19.3 Å². The van der Waals surface area contributed by atoms with Crippen molar-refractivity contribution in [3.8, 4) is 23.1 Å². The summed E-state index contributed by atoms with van der Waals surface area (Å²) in [5, 5.41) is 36.5. The Kier molecular flexibility index (Phi) is 3.44. The minimum absolute atomic E-state index is 0.0281. The molecule has 0 saturated heterocycles. The van der Waals surface area contributed by atoms with Crippen LogP contribution in [0.2, 0.25) is 0 Å². The number of nitriles is 1. The lowest BCUT2D eigenvalue weighted by Crippen LogP contribution is -2.01. The number of hydrogen-bond acceptors (Lipinski definition) is 5. The molecular weight excluding hydrogens is 323 g/mol. The van der Waals surface area contributed by atoms with Crippen LogP contribution in [0.25, 0.3) is 22.3 Å². The van der Waals surface area contributed by atoms with Gasteiger partial charge in [-0.15, -0.1) is 0 Å². The van der Waals surface area contributed by atoms with Crippen molar-refractivity contribution in [3.63, 3.8) is 0 Å². The van der Waals surface area contributed by atoms with Gasteiger partial charge in [0.15, 0.2) is 5.65 Å². The monoisotopic (exact) mass is 338 g/mol. The maximum atomic E-state index is 14.4. The molecule has 2 aromatic heterocycles. The van der Waals surface area contributed by atoms with Crippen molar-refractivity contribution in [2.75, 3.05) is 6.61 Å². The minimum Gasteiger partial charge on any atom is -0.508 e. The van der Waals surface area contributed by atoms with Gasteiger partial charge < -0.3 is 10.2 Å². The summed E-state index contributed by atoms with van der Waals surface area (Å²) in [6, 6.07) is 5.91. The first-order valence-electron chi connectivity index (χ1n) is 7.93. The number of aromatic nitrogens is 3. The van der Waals surface area contributed by atoms with Crippen LogP contribution in [0.4, 0.5) is 4.39 Å². The molecule has 1 fully saturated rings. The Morgan fingerprint density at radius 3 is 2.88 bits per heavy atom. The van der Waals surface area contributed by atoms with E-state index in [-0.39, 0.29) is 35.4 Å². The predicted molar refractivity (Wildman–Crippen MR) is 88.3 cm³/mol. The van der Waals surface area contributed by atoms with Gasteiger partial charge in [-0.2, -0.15) is 10.4 Å². The van der Waals surface area contributed by atoms with Crippen LogP contribution in [0, 0.1) is 30.0 Å². The van der Waals surface area contributed by atoms with Crippen LogP contribution < -0.4 is 0 Å². The van der Waals surface area contributed by atoms with Gasteiger partial charge in [-0.05, 0) is 42.9 Å². The van der Waals surface area contributed by atoms with Gasteiger partial charge in [-0.1, -0.05) is 0 Å². The molecule has 1 aliphatic carbocycles. The molecule has 25 heavy (non-hydrogen) atoms. The fourth-order valence-corrected chi connectivity index (χ4v) is 3.41. The lowest BCUT2D eigenvalue weighted by Gasteiger charge is -2.12. The topological polar surface area (TPSA) is 106 Å². The summed E-state index contributed by atoms with van der Waals surface area (Å²) < 4.78 is 14.4. The van der Waals surface area contributed by atoms with Crippen molar-refractivity contribution in [2.24, 2.45) is 5.92 Å². The van der Waals surface area contributed by atoms with Crippen LogP contribution in [0.3, 0.4) is 0 Å². The molecule has 3 aromatic rings. The summed E-state index contributed by atoms with van der Waals surface area (Å²) in [6.07, 6.45) is 0.770. The van der Waals surface area contributed by atoms with E-state index in [2.05, 4.69) is 21.3 Å². The first kappa shape index (κ1) is 15.5. The quantitative estimate of drug-likeness (QED) is 0.681. The van der Waals surface area contributed by atoms with Crippen molar-refractivity contribution in [1.82, 2.24) is 15.2 Å². The molecule has 0 amide bonds. The highest BCUT2D eigenvalue weighted by molar-refractivity contribution is 5.89. The van der Waals surface area contributed by atoms with Crippen LogP contribution in [-0.4, -0.2) is 32.0 Å². The minimum atomic E-state index is -0.656. The van der Waals surface area contributed by atoms with E-state index in [0.717, 1.165) is 29.1 Å². The van der Waals surface area contributed by atoms with Gasteiger partial charge in [0.05, 0.1) is 11.3 Å². The van der Waals surface area contributed by atoms with Gasteiger partial charge in [-0.25, -0.2) is 9.37 Å². The second-order valence-electron chi connectivity index (χ2n) is 6.36. The standard InChI is InChI=1S/C18H15FN4O2/c1-8-15-16(12-4-9(12)7-24)13(6-20)17(21-18(15)23-22-8)11-3-2-10(25)5-14(11)19/h2-3,5,9,12,24-25H,4,7H2,1H3,(H,21,22,23). The number of hydrogen-bond donors (Lipinski definition) is 3. The fourth-order valence-electron chi connectivity index (χ4n) is 3.41. The normalized spacial score (nSPS) is 19.1. The highest BCUT2D eigenvalue weighted by Crippen LogP contribution is 2.51. The van der Waals surface area contributed by atoms with E-state index in [1.165, 1.54) is 12.1 Å². The lowest BCUT2D eigenvalue weighted by molar-refractivity contribution is 0.274. The zero-order valence-electron chi connectivity index (χ0n) is 13.4. The number of phenols is 1. The van der Waals surface area contributed by atoms with E-state index < -0.39 is 5.82 Å². The van der Waals surface area contributed by atoms with Crippen LogP contribution in [0.5, 0.6) is 5.75 Å². The van der Waals surface area contributed by atoms with Crippen LogP contribution in [0.1, 0.15) is 29.2 Å². The molecule has 2 unspecified atom stereocenters. The highest BCUT2D eigenvalue weighted by Gasteiger charge is 2.42. The number of aliphatic hydroxyl groups excluding tert-OH is 1. The highest BCUT2D eigenvalue weighted by atomic mass is 19.1. The molecule has 0 aliphatic heterocycles. The smallest absolute Gasteiger partial charge is 0.182 e. The fraction of sp³-hybridized carbons (Fsp3) is 0.278. The summed E-state index contributed by atoms with van der Waals surface area (Å²) >= 11 is 0. The number of fused-ring (bicyclic) bond motifs is 1. The number of aliphatic hydroxyl groups is 1. The van der Waals surface area contributed by atoms with Gasteiger partial charge in [0.2, 0.25) is 0 Å². The lowest BCUT2D eigenvalue weighted by atomic mass is 9.94. The summed E-state index contributed by atoms with van der Waals surface area (Å²) in [5.41, 5.74) is 2.60. The van der Waals surface area contributed by atoms with Gasteiger partial charge >= 0.3 is 0 Å². The number of benzene rings is 1. The summed E-state index contributed by atoms with van der Waals surface area (Å²) in [5.74, 6) is -0.736. The van der Waals surface area contributed by atoms with E-state index in [9.17, 15) is 19.9 Å². The molecule has 3 N–H and O–H groups in total. The molecule has 1 aromatic carbocycles. The number of halogens is 1. The van der Waals surface area contributed by atoms with Crippen LogP contribution in [0.15, 0.2) is 18.2 Å². The van der Waals surface area contributed by atoms with Crippen molar-refractivity contribution in [1.29, 1.82) is 5.26 Å². The zero-order chi connectivity index (χ0) is 17.7. The third-order valence-electron chi connectivity index (χ3n) is 4.77. The second-order valence-corrected chi connectivity index (χ2v) is 6.36. The number of nitrogens with one attached hydrogen (secondary N) is 1. The average molecular weight is 338 g/mol. The number of aromatic amines is 1. The Balaban J connectivity index is 2.05. The third-order valence-corrected chi connectivity index (χ3v) is 4.77. The van der Waals surface area contributed by atoms with Gasteiger partial charge in [0.25, 0.3) is 0 Å². The number of nitrogens with zero attached hydrogens (tertiary/aromatic N) is 3. The number of aromatic hydroxyl groups is 1. The third kappa shape index (κ3) is 2.34. The molecule has 126 valence electrons.